The van der Waals surface area contributed by atoms with E-state index in [0.717, 1.165) is 29.4 Å². The first-order valence-electron chi connectivity index (χ1n) is 7.53. The van der Waals surface area contributed by atoms with Gasteiger partial charge < -0.3 is 5.32 Å². The monoisotopic (exact) mass is 339 g/mol. The van der Waals surface area contributed by atoms with E-state index in [9.17, 15) is 4.39 Å². The van der Waals surface area contributed by atoms with Crippen LogP contribution in [-0.2, 0) is 6.42 Å². The Bertz CT molecular complexity index is 450. The highest BCUT2D eigenvalue weighted by molar-refractivity contribution is 9.10. The first-order chi connectivity index (χ1) is 9.67. The molecule has 0 spiro atoms. The SMILES string of the molecule is CCNC(CC1=CCCCC1)Cc1cc(F)cc(Br)c1. The number of hydrogen-bond donors (Lipinski definition) is 1. The summed E-state index contributed by atoms with van der Waals surface area (Å²) in [6.45, 7) is 3.08. The first-order valence-corrected chi connectivity index (χ1v) is 8.33. The van der Waals surface area contributed by atoms with Crippen molar-refractivity contribution in [2.75, 3.05) is 6.54 Å². The Morgan fingerprint density at radius 2 is 2.10 bits per heavy atom. The van der Waals surface area contributed by atoms with Gasteiger partial charge in [0.1, 0.15) is 5.82 Å². The second-order valence-corrected chi connectivity index (χ2v) is 6.46. The Balaban J connectivity index is 2.02. The van der Waals surface area contributed by atoms with Crippen LogP contribution in [0.15, 0.2) is 34.3 Å². The molecule has 0 fully saturated rings. The minimum Gasteiger partial charge on any atom is -0.314 e. The van der Waals surface area contributed by atoms with Gasteiger partial charge in [0.2, 0.25) is 0 Å². The van der Waals surface area contributed by atoms with Crippen molar-refractivity contribution in [1.82, 2.24) is 5.32 Å². The summed E-state index contributed by atoms with van der Waals surface area (Å²) in [6.07, 6.45) is 9.45. The molecule has 0 saturated heterocycles. The van der Waals surface area contributed by atoms with Crippen LogP contribution in [0.2, 0.25) is 0 Å². The number of benzene rings is 1. The van der Waals surface area contributed by atoms with E-state index in [1.807, 2.05) is 6.07 Å². The summed E-state index contributed by atoms with van der Waals surface area (Å²) in [4.78, 5) is 0. The van der Waals surface area contributed by atoms with Crippen molar-refractivity contribution in [2.45, 2.75) is 51.5 Å². The van der Waals surface area contributed by atoms with Gasteiger partial charge in [-0.25, -0.2) is 4.39 Å². The molecule has 0 amide bonds. The van der Waals surface area contributed by atoms with Gasteiger partial charge in [-0.15, -0.1) is 0 Å². The average molecular weight is 340 g/mol. The Kier molecular flexibility index (Phi) is 6.24. The lowest BCUT2D eigenvalue weighted by Crippen LogP contribution is -2.31. The molecule has 1 N–H and O–H groups in total. The fourth-order valence-electron chi connectivity index (χ4n) is 2.93. The average Bonchev–Trinajstić information content (AvgIpc) is 2.39. The van der Waals surface area contributed by atoms with Crippen molar-refractivity contribution >= 4 is 15.9 Å². The van der Waals surface area contributed by atoms with E-state index in [1.54, 1.807) is 11.6 Å². The Hall–Kier alpha value is -0.670. The summed E-state index contributed by atoms with van der Waals surface area (Å²) in [7, 11) is 0. The van der Waals surface area contributed by atoms with Crippen LogP contribution in [-0.4, -0.2) is 12.6 Å². The molecular weight excluding hydrogens is 317 g/mol. The Morgan fingerprint density at radius 3 is 2.75 bits per heavy atom. The van der Waals surface area contributed by atoms with E-state index in [-0.39, 0.29) is 5.82 Å². The second kappa shape index (κ2) is 7.94. The highest BCUT2D eigenvalue weighted by atomic mass is 79.9. The van der Waals surface area contributed by atoms with Crippen molar-refractivity contribution in [3.05, 3.63) is 45.7 Å². The van der Waals surface area contributed by atoms with Crippen molar-refractivity contribution in [3.8, 4) is 0 Å². The molecule has 110 valence electrons. The van der Waals surface area contributed by atoms with E-state index < -0.39 is 0 Å². The molecule has 3 heteroatoms. The minimum absolute atomic E-state index is 0.165. The molecule has 1 aliphatic rings. The molecule has 20 heavy (non-hydrogen) atoms. The number of allylic oxidation sites excluding steroid dienone is 1. The van der Waals surface area contributed by atoms with E-state index in [1.165, 1.54) is 31.7 Å². The van der Waals surface area contributed by atoms with Gasteiger partial charge in [0.15, 0.2) is 0 Å². The van der Waals surface area contributed by atoms with Gasteiger partial charge in [0.25, 0.3) is 0 Å². The molecule has 2 rings (SSSR count). The highest BCUT2D eigenvalue weighted by Crippen LogP contribution is 2.23. The fraction of sp³-hybridized carbons (Fsp3) is 0.529. The molecule has 0 aromatic heterocycles. The van der Waals surface area contributed by atoms with Gasteiger partial charge in [-0.3, -0.25) is 0 Å². The smallest absolute Gasteiger partial charge is 0.124 e. The molecule has 0 radical (unpaired) electrons. The molecule has 0 aliphatic heterocycles. The minimum atomic E-state index is -0.165. The maximum atomic E-state index is 13.5. The molecule has 1 nitrogen and oxygen atoms in total. The van der Waals surface area contributed by atoms with Gasteiger partial charge in [0, 0.05) is 10.5 Å². The van der Waals surface area contributed by atoms with Gasteiger partial charge in [-0.05, 0) is 68.8 Å². The van der Waals surface area contributed by atoms with Gasteiger partial charge in [-0.2, -0.15) is 0 Å². The number of hydrogen-bond acceptors (Lipinski definition) is 1. The predicted molar refractivity (Wildman–Crippen MR) is 86.4 cm³/mol. The second-order valence-electron chi connectivity index (χ2n) is 5.55. The van der Waals surface area contributed by atoms with Crippen molar-refractivity contribution in [3.63, 3.8) is 0 Å². The summed E-state index contributed by atoms with van der Waals surface area (Å²) < 4.78 is 14.3. The summed E-state index contributed by atoms with van der Waals surface area (Å²) >= 11 is 3.37. The molecule has 1 unspecified atom stereocenters. The lowest BCUT2D eigenvalue weighted by molar-refractivity contribution is 0.502. The van der Waals surface area contributed by atoms with E-state index in [0.29, 0.717) is 6.04 Å². The number of rotatable bonds is 6. The predicted octanol–water partition coefficient (Wildman–Crippen LogP) is 5.00. The summed E-state index contributed by atoms with van der Waals surface area (Å²) in [6, 6.07) is 5.57. The summed E-state index contributed by atoms with van der Waals surface area (Å²) in [5, 5.41) is 3.54. The normalized spacial score (nSPS) is 16.9. The fourth-order valence-corrected chi connectivity index (χ4v) is 3.44. The van der Waals surface area contributed by atoms with Crippen LogP contribution in [0.1, 0.15) is 44.6 Å². The standard InChI is InChI=1S/C17H23BrFN/c1-2-20-17(10-13-6-4-3-5-7-13)11-14-8-15(18)12-16(19)9-14/h6,8-9,12,17,20H,2-5,7,10-11H2,1H3. The van der Waals surface area contributed by atoms with Crippen LogP contribution in [0, 0.1) is 5.82 Å². The quantitative estimate of drug-likeness (QED) is 0.719. The van der Waals surface area contributed by atoms with Crippen LogP contribution in [0.4, 0.5) is 4.39 Å². The van der Waals surface area contributed by atoms with E-state index >= 15 is 0 Å². The van der Waals surface area contributed by atoms with Crippen LogP contribution in [0.3, 0.4) is 0 Å². The molecule has 0 bridgehead atoms. The lowest BCUT2D eigenvalue weighted by Gasteiger charge is -2.22. The lowest BCUT2D eigenvalue weighted by atomic mass is 9.92. The van der Waals surface area contributed by atoms with E-state index in [2.05, 4.69) is 34.2 Å². The molecule has 0 heterocycles. The maximum Gasteiger partial charge on any atom is 0.124 e. The Morgan fingerprint density at radius 1 is 1.25 bits per heavy atom. The largest absolute Gasteiger partial charge is 0.314 e. The zero-order valence-corrected chi connectivity index (χ0v) is 13.7. The topological polar surface area (TPSA) is 12.0 Å². The third-order valence-corrected chi connectivity index (χ3v) is 4.25. The number of halogens is 2. The number of likely N-dealkylation sites (N-methyl/N-ethyl adjacent to an activating group) is 1. The van der Waals surface area contributed by atoms with Crippen LogP contribution in [0.5, 0.6) is 0 Å². The molecule has 1 aromatic carbocycles. The molecule has 1 aromatic rings. The van der Waals surface area contributed by atoms with Crippen molar-refractivity contribution < 1.29 is 4.39 Å². The van der Waals surface area contributed by atoms with Gasteiger partial charge in [0.05, 0.1) is 0 Å². The zero-order valence-electron chi connectivity index (χ0n) is 12.1. The van der Waals surface area contributed by atoms with Crippen molar-refractivity contribution in [1.29, 1.82) is 0 Å². The third-order valence-electron chi connectivity index (χ3n) is 3.79. The van der Waals surface area contributed by atoms with Gasteiger partial charge >= 0.3 is 0 Å². The van der Waals surface area contributed by atoms with Crippen LogP contribution >= 0.6 is 15.9 Å². The van der Waals surface area contributed by atoms with Crippen LogP contribution in [0.25, 0.3) is 0 Å². The van der Waals surface area contributed by atoms with Crippen LogP contribution < -0.4 is 5.32 Å². The molecular formula is C17H23BrFN. The maximum absolute atomic E-state index is 13.5. The van der Waals surface area contributed by atoms with Crippen molar-refractivity contribution in [2.24, 2.45) is 0 Å². The summed E-state index contributed by atoms with van der Waals surface area (Å²) in [5.41, 5.74) is 2.62. The van der Waals surface area contributed by atoms with Gasteiger partial charge in [-0.1, -0.05) is 34.5 Å². The molecule has 0 saturated carbocycles. The molecule has 1 atom stereocenters. The number of nitrogens with one attached hydrogen (secondary N) is 1. The zero-order chi connectivity index (χ0) is 14.4. The summed E-state index contributed by atoms with van der Waals surface area (Å²) in [5.74, 6) is -0.165. The highest BCUT2D eigenvalue weighted by Gasteiger charge is 2.13. The first kappa shape index (κ1) is 15.7. The Labute approximate surface area is 129 Å². The third kappa shape index (κ3) is 5.02. The van der Waals surface area contributed by atoms with E-state index in [4.69, 9.17) is 0 Å². The molecule has 1 aliphatic carbocycles.